The molecule has 0 aliphatic rings. The summed E-state index contributed by atoms with van der Waals surface area (Å²) in [6.07, 6.45) is 0. The molecule has 0 bridgehead atoms. The Morgan fingerprint density at radius 1 is 1.42 bits per heavy atom. The van der Waals surface area contributed by atoms with E-state index in [0.717, 1.165) is 9.26 Å². The van der Waals surface area contributed by atoms with Crippen LogP contribution in [0.1, 0.15) is 5.56 Å². The summed E-state index contributed by atoms with van der Waals surface area (Å²) in [5.74, 6) is 0.0942. The molecule has 0 spiro atoms. The molecule has 4 N–H and O–H groups in total. The number of hydrogen-bond donors (Lipinski definition) is 2. The van der Waals surface area contributed by atoms with Gasteiger partial charge >= 0.3 is 0 Å². The lowest BCUT2D eigenvalue weighted by atomic mass is 10.2. The first-order chi connectivity index (χ1) is 5.59. The van der Waals surface area contributed by atoms with E-state index >= 15 is 0 Å². The van der Waals surface area contributed by atoms with Crippen molar-refractivity contribution in [2.75, 3.05) is 0 Å². The highest BCUT2D eigenvalue weighted by Crippen LogP contribution is 2.21. The van der Waals surface area contributed by atoms with Gasteiger partial charge in [0.05, 0.1) is 5.69 Å². The van der Waals surface area contributed by atoms with Crippen LogP contribution in [0.5, 0.6) is 0 Å². The smallest absolute Gasteiger partial charge is 0.191 e. The predicted molar refractivity (Wildman–Crippen MR) is 59.4 cm³/mol. The van der Waals surface area contributed by atoms with Gasteiger partial charge in [0.1, 0.15) is 0 Å². The van der Waals surface area contributed by atoms with Gasteiger partial charge in [-0.3, -0.25) is 0 Å². The molecule has 64 valence electrons. The summed E-state index contributed by atoms with van der Waals surface area (Å²) in [5.41, 5.74) is 12.5. The Hall–Kier alpha value is -0.780. The number of nitrogens with zero attached hydrogens (tertiary/aromatic N) is 1. The Kier molecular flexibility index (Phi) is 2.91. The highest BCUT2D eigenvalue weighted by atomic mass is 127. The van der Waals surface area contributed by atoms with E-state index in [9.17, 15) is 0 Å². The van der Waals surface area contributed by atoms with E-state index < -0.39 is 0 Å². The second-order valence-electron chi connectivity index (χ2n) is 2.49. The SMILES string of the molecule is Cc1ccc(N=C(N)N)c(I)c1. The van der Waals surface area contributed by atoms with E-state index in [2.05, 4.69) is 27.6 Å². The molecule has 4 heteroatoms. The van der Waals surface area contributed by atoms with Gasteiger partial charge in [-0.1, -0.05) is 6.07 Å². The van der Waals surface area contributed by atoms with Crippen molar-refractivity contribution in [2.45, 2.75) is 6.92 Å². The van der Waals surface area contributed by atoms with Gasteiger partial charge in [-0.2, -0.15) is 0 Å². The highest BCUT2D eigenvalue weighted by Gasteiger charge is 1.97. The fourth-order valence-corrected chi connectivity index (χ4v) is 1.63. The van der Waals surface area contributed by atoms with Crippen molar-refractivity contribution in [3.63, 3.8) is 0 Å². The summed E-state index contributed by atoms with van der Waals surface area (Å²) in [6.45, 7) is 2.03. The molecule has 0 aliphatic carbocycles. The number of nitrogens with two attached hydrogens (primary N) is 2. The number of aliphatic imine (C=N–C) groups is 1. The summed E-state index contributed by atoms with van der Waals surface area (Å²) in [6, 6.07) is 5.91. The molecule has 0 saturated carbocycles. The lowest BCUT2D eigenvalue weighted by molar-refractivity contribution is 1.37. The summed E-state index contributed by atoms with van der Waals surface area (Å²) in [7, 11) is 0. The molecular weight excluding hydrogens is 265 g/mol. The minimum Gasteiger partial charge on any atom is -0.370 e. The van der Waals surface area contributed by atoms with Crippen LogP contribution in [0.4, 0.5) is 5.69 Å². The average molecular weight is 275 g/mol. The molecule has 0 radical (unpaired) electrons. The second-order valence-corrected chi connectivity index (χ2v) is 3.65. The maximum absolute atomic E-state index is 5.26. The van der Waals surface area contributed by atoms with E-state index in [1.807, 2.05) is 25.1 Å². The van der Waals surface area contributed by atoms with Gasteiger partial charge in [-0.15, -0.1) is 0 Å². The van der Waals surface area contributed by atoms with Crippen LogP contribution in [0.25, 0.3) is 0 Å². The van der Waals surface area contributed by atoms with Crippen LogP contribution in [0.15, 0.2) is 23.2 Å². The van der Waals surface area contributed by atoms with Gasteiger partial charge in [0.25, 0.3) is 0 Å². The van der Waals surface area contributed by atoms with E-state index in [1.165, 1.54) is 5.56 Å². The van der Waals surface area contributed by atoms with Gasteiger partial charge in [-0.05, 0) is 47.2 Å². The number of aryl methyl sites for hydroxylation is 1. The van der Waals surface area contributed by atoms with E-state index in [1.54, 1.807) is 0 Å². The van der Waals surface area contributed by atoms with Crippen molar-refractivity contribution in [2.24, 2.45) is 16.5 Å². The summed E-state index contributed by atoms with van der Waals surface area (Å²) in [5, 5.41) is 0. The molecule has 1 aromatic rings. The van der Waals surface area contributed by atoms with Crippen molar-refractivity contribution in [3.05, 3.63) is 27.3 Å². The zero-order chi connectivity index (χ0) is 9.14. The monoisotopic (exact) mass is 275 g/mol. The molecule has 0 amide bonds. The molecular formula is C8H10IN3. The fourth-order valence-electron chi connectivity index (χ4n) is 0.842. The Balaban J connectivity index is 3.10. The van der Waals surface area contributed by atoms with Gasteiger partial charge in [-0.25, -0.2) is 4.99 Å². The topological polar surface area (TPSA) is 64.4 Å². The third-order valence-electron chi connectivity index (χ3n) is 1.35. The van der Waals surface area contributed by atoms with Crippen LogP contribution in [-0.4, -0.2) is 5.96 Å². The average Bonchev–Trinajstić information content (AvgIpc) is 1.94. The molecule has 0 aromatic heterocycles. The van der Waals surface area contributed by atoms with Crippen LogP contribution >= 0.6 is 22.6 Å². The highest BCUT2D eigenvalue weighted by molar-refractivity contribution is 14.1. The first kappa shape index (κ1) is 9.31. The zero-order valence-electron chi connectivity index (χ0n) is 6.71. The number of benzene rings is 1. The second kappa shape index (κ2) is 3.75. The fraction of sp³-hybridized carbons (Fsp3) is 0.125. The predicted octanol–water partition coefficient (Wildman–Crippen LogP) is 1.50. The maximum atomic E-state index is 5.26. The molecule has 3 nitrogen and oxygen atoms in total. The van der Waals surface area contributed by atoms with E-state index in [-0.39, 0.29) is 5.96 Å². The van der Waals surface area contributed by atoms with Crippen molar-refractivity contribution < 1.29 is 0 Å². The lowest BCUT2D eigenvalue weighted by Crippen LogP contribution is -2.22. The Morgan fingerprint density at radius 2 is 2.08 bits per heavy atom. The van der Waals surface area contributed by atoms with Crippen molar-refractivity contribution in [3.8, 4) is 0 Å². The van der Waals surface area contributed by atoms with Gasteiger partial charge in [0, 0.05) is 3.57 Å². The molecule has 12 heavy (non-hydrogen) atoms. The van der Waals surface area contributed by atoms with Crippen LogP contribution < -0.4 is 11.5 Å². The Labute approximate surface area is 85.0 Å². The number of hydrogen-bond acceptors (Lipinski definition) is 1. The Bertz CT molecular complexity index is 316. The summed E-state index contributed by atoms with van der Waals surface area (Å²) < 4.78 is 1.06. The third-order valence-corrected chi connectivity index (χ3v) is 2.22. The maximum Gasteiger partial charge on any atom is 0.191 e. The molecule has 1 rings (SSSR count). The lowest BCUT2D eigenvalue weighted by Gasteiger charge is -1.99. The Morgan fingerprint density at radius 3 is 2.58 bits per heavy atom. The minimum atomic E-state index is 0.0942. The molecule has 0 saturated heterocycles. The number of halogens is 1. The van der Waals surface area contributed by atoms with Gasteiger partial charge < -0.3 is 11.5 Å². The van der Waals surface area contributed by atoms with Crippen molar-refractivity contribution >= 4 is 34.2 Å². The molecule has 0 unspecified atom stereocenters. The number of guanidine groups is 1. The first-order valence-electron chi connectivity index (χ1n) is 3.45. The van der Waals surface area contributed by atoms with E-state index in [0.29, 0.717) is 0 Å². The van der Waals surface area contributed by atoms with Crippen LogP contribution in [0, 0.1) is 10.5 Å². The van der Waals surface area contributed by atoms with E-state index in [4.69, 9.17) is 11.5 Å². The zero-order valence-corrected chi connectivity index (χ0v) is 8.87. The summed E-state index contributed by atoms with van der Waals surface area (Å²) >= 11 is 2.20. The third kappa shape index (κ3) is 2.37. The molecule has 0 heterocycles. The van der Waals surface area contributed by atoms with Gasteiger partial charge in [0.2, 0.25) is 0 Å². The normalized spacial score (nSPS) is 9.50. The molecule has 1 aromatic carbocycles. The van der Waals surface area contributed by atoms with Crippen LogP contribution in [0.2, 0.25) is 0 Å². The van der Waals surface area contributed by atoms with Crippen molar-refractivity contribution in [1.82, 2.24) is 0 Å². The van der Waals surface area contributed by atoms with Crippen LogP contribution in [-0.2, 0) is 0 Å². The molecule has 0 fully saturated rings. The largest absolute Gasteiger partial charge is 0.370 e. The van der Waals surface area contributed by atoms with Crippen molar-refractivity contribution in [1.29, 1.82) is 0 Å². The standard InChI is InChI=1S/C8H10IN3/c1-5-2-3-7(6(9)4-5)12-8(10)11/h2-4H,1H3,(H4,10,11,12). The number of rotatable bonds is 1. The summed E-state index contributed by atoms with van der Waals surface area (Å²) in [4.78, 5) is 3.96. The van der Waals surface area contributed by atoms with Gasteiger partial charge in [0.15, 0.2) is 5.96 Å². The molecule has 0 atom stereocenters. The van der Waals surface area contributed by atoms with Crippen LogP contribution in [0.3, 0.4) is 0 Å². The molecule has 0 aliphatic heterocycles. The minimum absolute atomic E-state index is 0.0942. The quantitative estimate of drug-likeness (QED) is 0.463. The first-order valence-corrected chi connectivity index (χ1v) is 4.53.